The van der Waals surface area contributed by atoms with Crippen LogP contribution in [0.5, 0.6) is 0 Å². The van der Waals surface area contributed by atoms with E-state index in [2.05, 4.69) is 5.32 Å². The van der Waals surface area contributed by atoms with Crippen LogP contribution < -0.4 is 5.32 Å². The van der Waals surface area contributed by atoms with Gasteiger partial charge in [-0.15, -0.1) is 0 Å². The number of benzene rings is 2. The van der Waals surface area contributed by atoms with Crippen molar-refractivity contribution in [2.24, 2.45) is 0 Å². The molecular formula is C17H16ClNO2S. The molecule has 1 N–H and O–H groups in total. The Bertz CT molecular complexity index is 714. The maximum Gasteiger partial charge on any atom is 0.248 e. The van der Waals surface area contributed by atoms with E-state index in [1.165, 1.54) is 6.08 Å². The van der Waals surface area contributed by atoms with Crippen LogP contribution in [0, 0.1) is 0 Å². The first-order valence-corrected chi connectivity index (χ1v) is 8.77. The minimum atomic E-state index is -0.987. The number of anilines is 1. The highest BCUT2D eigenvalue weighted by Gasteiger charge is 2.05. The van der Waals surface area contributed by atoms with Gasteiger partial charge in [0.15, 0.2) is 0 Å². The van der Waals surface area contributed by atoms with Crippen LogP contribution in [-0.4, -0.2) is 16.4 Å². The summed E-state index contributed by atoms with van der Waals surface area (Å²) in [5, 5.41) is 3.32. The minimum Gasteiger partial charge on any atom is -0.323 e. The summed E-state index contributed by atoms with van der Waals surface area (Å²) in [7, 11) is -0.987. The minimum absolute atomic E-state index is 0.227. The highest BCUT2D eigenvalue weighted by molar-refractivity contribution is 7.83. The van der Waals surface area contributed by atoms with Crippen molar-refractivity contribution in [3.63, 3.8) is 0 Å². The van der Waals surface area contributed by atoms with Gasteiger partial charge in [-0.3, -0.25) is 9.00 Å². The lowest BCUT2D eigenvalue weighted by Gasteiger charge is -2.07. The second-order valence-electron chi connectivity index (χ2n) is 4.76. The van der Waals surface area contributed by atoms with Crippen LogP contribution >= 0.6 is 11.6 Å². The monoisotopic (exact) mass is 333 g/mol. The van der Waals surface area contributed by atoms with Crippen LogP contribution in [0.3, 0.4) is 0 Å². The first kappa shape index (κ1) is 16.5. The van der Waals surface area contributed by atoms with Crippen molar-refractivity contribution in [3.05, 3.63) is 70.8 Å². The number of amides is 1. The molecule has 0 aliphatic rings. The van der Waals surface area contributed by atoms with Crippen molar-refractivity contribution >= 4 is 40.1 Å². The summed E-state index contributed by atoms with van der Waals surface area (Å²) in [6.07, 6.45) is 4.83. The van der Waals surface area contributed by atoms with Crippen molar-refractivity contribution in [3.8, 4) is 0 Å². The Balaban J connectivity index is 2.05. The molecule has 0 unspecified atom stereocenters. The zero-order valence-electron chi connectivity index (χ0n) is 12.1. The molecule has 0 spiro atoms. The summed E-state index contributed by atoms with van der Waals surface area (Å²) in [5.74, 6) is 0.136. The van der Waals surface area contributed by atoms with Gasteiger partial charge < -0.3 is 5.32 Å². The third-order valence-corrected chi connectivity index (χ3v) is 3.99. The summed E-state index contributed by atoms with van der Waals surface area (Å²) >= 11 is 6.06. The topological polar surface area (TPSA) is 46.2 Å². The van der Waals surface area contributed by atoms with E-state index in [9.17, 15) is 9.00 Å². The third kappa shape index (κ3) is 5.13. The average molecular weight is 334 g/mol. The van der Waals surface area contributed by atoms with Gasteiger partial charge in [0.25, 0.3) is 0 Å². The standard InChI is InChI=1S/C17H16ClNO2S/c1-22(21)12-14-11-15(8-9-16(14)18)19-17(20)10-7-13-5-3-2-4-6-13/h2-11H,12H2,1H3,(H,19,20)/b10-7+/t22-/m1/s1. The Hall–Kier alpha value is -1.91. The molecule has 0 bridgehead atoms. The SMILES string of the molecule is C[S@@](=O)Cc1cc(NC(=O)/C=C/c2ccccc2)ccc1Cl. The fourth-order valence-corrected chi connectivity index (χ4v) is 2.84. The van der Waals surface area contributed by atoms with Crippen molar-refractivity contribution in [1.29, 1.82) is 0 Å². The van der Waals surface area contributed by atoms with Crippen LogP contribution in [0.2, 0.25) is 5.02 Å². The number of halogens is 1. The Morgan fingerprint density at radius 1 is 1.23 bits per heavy atom. The molecule has 1 atom stereocenters. The Labute approximate surface area is 137 Å². The molecule has 22 heavy (non-hydrogen) atoms. The van der Waals surface area contributed by atoms with Gasteiger partial charge in [0.05, 0.1) is 0 Å². The molecule has 1 amide bonds. The van der Waals surface area contributed by atoms with Crippen molar-refractivity contribution < 1.29 is 9.00 Å². The van der Waals surface area contributed by atoms with E-state index in [1.807, 2.05) is 30.3 Å². The lowest BCUT2D eigenvalue weighted by molar-refractivity contribution is -0.111. The normalized spacial score (nSPS) is 12.3. The number of carbonyl (C=O) groups is 1. The molecule has 2 aromatic rings. The van der Waals surface area contributed by atoms with Crippen LogP contribution in [0.1, 0.15) is 11.1 Å². The molecule has 114 valence electrons. The Morgan fingerprint density at radius 3 is 2.64 bits per heavy atom. The fraction of sp³-hybridized carbons (Fsp3) is 0.118. The molecule has 3 nitrogen and oxygen atoms in total. The van der Waals surface area contributed by atoms with E-state index >= 15 is 0 Å². The van der Waals surface area contributed by atoms with Gasteiger partial charge in [-0.05, 0) is 35.4 Å². The Morgan fingerprint density at radius 2 is 1.95 bits per heavy atom. The fourth-order valence-electron chi connectivity index (χ4n) is 1.90. The van der Waals surface area contributed by atoms with Gasteiger partial charge in [0, 0.05) is 39.6 Å². The molecule has 0 saturated heterocycles. The van der Waals surface area contributed by atoms with E-state index < -0.39 is 10.8 Å². The van der Waals surface area contributed by atoms with Crippen molar-refractivity contribution in [1.82, 2.24) is 0 Å². The van der Waals surface area contributed by atoms with Gasteiger partial charge >= 0.3 is 0 Å². The van der Waals surface area contributed by atoms with Gasteiger partial charge in [-0.2, -0.15) is 0 Å². The van der Waals surface area contributed by atoms with Crippen LogP contribution in [0.25, 0.3) is 6.08 Å². The summed E-state index contributed by atoms with van der Waals surface area (Å²) < 4.78 is 11.3. The van der Waals surface area contributed by atoms with Gasteiger partial charge in [-0.25, -0.2) is 0 Å². The van der Waals surface area contributed by atoms with Gasteiger partial charge in [0.1, 0.15) is 0 Å². The number of hydrogen-bond donors (Lipinski definition) is 1. The first-order valence-electron chi connectivity index (χ1n) is 6.67. The predicted molar refractivity (Wildman–Crippen MR) is 93.3 cm³/mol. The molecule has 5 heteroatoms. The number of rotatable bonds is 5. The van der Waals surface area contributed by atoms with E-state index in [4.69, 9.17) is 11.6 Å². The molecule has 0 fully saturated rings. The number of hydrogen-bond acceptors (Lipinski definition) is 2. The second kappa shape index (κ2) is 7.92. The molecule has 0 heterocycles. The van der Waals surface area contributed by atoms with Crippen molar-refractivity contribution in [2.45, 2.75) is 5.75 Å². The molecule has 2 aromatic carbocycles. The molecule has 0 aromatic heterocycles. The molecule has 0 radical (unpaired) electrons. The quantitative estimate of drug-likeness (QED) is 0.844. The first-order chi connectivity index (χ1) is 10.5. The highest BCUT2D eigenvalue weighted by atomic mass is 35.5. The zero-order chi connectivity index (χ0) is 15.9. The zero-order valence-corrected chi connectivity index (χ0v) is 13.7. The summed E-state index contributed by atoms with van der Waals surface area (Å²) in [6.45, 7) is 0. The average Bonchev–Trinajstić information content (AvgIpc) is 2.49. The summed E-state index contributed by atoms with van der Waals surface area (Å²) in [5.41, 5.74) is 2.34. The summed E-state index contributed by atoms with van der Waals surface area (Å²) in [4.78, 5) is 11.9. The second-order valence-corrected chi connectivity index (χ2v) is 6.60. The van der Waals surface area contributed by atoms with E-state index in [-0.39, 0.29) is 5.91 Å². The molecular weight excluding hydrogens is 318 g/mol. The van der Waals surface area contributed by atoms with Crippen LogP contribution in [0.4, 0.5) is 5.69 Å². The smallest absolute Gasteiger partial charge is 0.248 e. The lowest BCUT2D eigenvalue weighted by Crippen LogP contribution is -2.08. The molecule has 0 aliphatic carbocycles. The maximum absolute atomic E-state index is 11.9. The predicted octanol–water partition coefficient (Wildman–Crippen LogP) is 3.87. The molecule has 0 saturated carbocycles. The number of carbonyl (C=O) groups excluding carboxylic acids is 1. The van der Waals surface area contributed by atoms with E-state index in [1.54, 1.807) is 30.5 Å². The highest BCUT2D eigenvalue weighted by Crippen LogP contribution is 2.21. The van der Waals surface area contributed by atoms with Gasteiger partial charge in [-0.1, -0.05) is 41.9 Å². The van der Waals surface area contributed by atoms with Crippen LogP contribution in [0.15, 0.2) is 54.6 Å². The van der Waals surface area contributed by atoms with E-state index in [0.29, 0.717) is 16.5 Å². The van der Waals surface area contributed by atoms with Gasteiger partial charge in [0.2, 0.25) is 5.91 Å². The maximum atomic E-state index is 11.9. The molecule has 0 aliphatic heterocycles. The van der Waals surface area contributed by atoms with Crippen molar-refractivity contribution in [2.75, 3.05) is 11.6 Å². The third-order valence-electron chi connectivity index (χ3n) is 2.90. The molecule has 2 rings (SSSR count). The Kier molecular flexibility index (Phi) is 5.92. The summed E-state index contributed by atoms with van der Waals surface area (Å²) in [6, 6.07) is 14.7. The van der Waals surface area contributed by atoms with Crippen LogP contribution in [-0.2, 0) is 21.3 Å². The van der Waals surface area contributed by atoms with E-state index in [0.717, 1.165) is 11.1 Å². The largest absolute Gasteiger partial charge is 0.323 e. The number of nitrogens with one attached hydrogen (secondary N) is 1. The lowest BCUT2D eigenvalue weighted by atomic mass is 10.2.